The van der Waals surface area contributed by atoms with Crippen molar-refractivity contribution < 1.29 is 9.15 Å². The van der Waals surface area contributed by atoms with Crippen molar-refractivity contribution in [3.63, 3.8) is 0 Å². The van der Waals surface area contributed by atoms with Crippen molar-refractivity contribution in [2.45, 2.75) is 39.5 Å². The number of nitrogens with one attached hydrogen (secondary N) is 1. The van der Waals surface area contributed by atoms with Gasteiger partial charge in [-0.25, -0.2) is 10.4 Å². The Labute approximate surface area is 142 Å². The highest BCUT2D eigenvalue weighted by Gasteiger charge is 2.18. The van der Waals surface area contributed by atoms with E-state index in [1.54, 1.807) is 6.21 Å². The molecule has 1 aromatic carbocycles. The number of hydrogen-bond acceptors (Lipinski definition) is 6. The number of nitriles is 1. The second-order valence-corrected chi connectivity index (χ2v) is 5.20. The summed E-state index contributed by atoms with van der Waals surface area (Å²) in [5.41, 5.74) is 3.82. The number of aromatic nitrogens is 1. The van der Waals surface area contributed by atoms with Crippen LogP contribution in [0.2, 0.25) is 0 Å². The quantitative estimate of drug-likeness (QED) is 0.578. The van der Waals surface area contributed by atoms with Gasteiger partial charge in [-0.15, -0.1) is 0 Å². The molecule has 0 saturated carbocycles. The van der Waals surface area contributed by atoms with Crippen LogP contribution in [0.15, 0.2) is 33.8 Å². The largest absolute Gasteiger partial charge is 0.493 e. The van der Waals surface area contributed by atoms with E-state index < -0.39 is 0 Å². The van der Waals surface area contributed by atoms with Gasteiger partial charge in [-0.2, -0.15) is 10.4 Å². The molecule has 2 rings (SSSR count). The Balaban J connectivity index is 2.16. The predicted octanol–water partition coefficient (Wildman–Crippen LogP) is 4.29. The summed E-state index contributed by atoms with van der Waals surface area (Å²) in [6.45, 7) is 6.65. The fourth-order valence-electron chi connectivity index (χ4n) is 2.34. The first-order valence-corrected chi connectivity index (χ1v) is 8.15. The van der Waals surface area contributed by atoms with Crippen molar-refractivity contribution in [1.82, 2.24) is 4.98 Å². The van der Waals surface area contributed by atoms with E-state index in [9.17, 15) is 5.26 Å². The van der Waals surface area contributed by atoms with Gasteiger partial charge in [0.05, 0.1) is 12.8 Å². The third-order valence-corrected chi connectivity index (χ3v) is 3.67. The molecule has 2 aromatic rings. The number of ether oxygens (including phenoxy) is 1. The first-order valence-electron chi connectivity index (χ1n) is 8.15. The minimum atomic E-state index is 0.204. The maximum absolute atomic E-state index is 9.21. The lowest BCUT2D eigenvalue weighted by atomic mass is 10.0. The summed E-state index contributed by atoms with van der Waals surface area (Å²) < 4.78 is 11.2. The lowest BCUT2D eigenvalue weighted by molar-refractivity contribution is 0.340. The van der Waals surface area contributed by atoms with Crippen molar-refractivity contribution in [2.75, 3.05) is 12.0 Å². The van der Waals surface area contributed by atoms with Crippen molar-refractivity contribution in [3.8, 4) is 11.8 Å². The Kier molecular flexibility index (Phi) is 6.38. The molecule has 0 aliphatic heterocycles. The number of nitrogens with zero attached hydrogens (tertiary/aromatic N) is 3. The molecule has 0 saturated heterocycles. The van der Waals surface area contributed by atoms with Gasteiger partial charge in [0, 0.05) is 11.5 Å². The maximum atomic E-state index is 9.21. The van der Waals surface area contributed by atoms with Crippen molar-refractivity contribution >= 4 is 12.1 Å². The molecule has 0 bridgehead atoms. The molecule has 24 heavy (non-hydrogen) atoms. The molecule has 0 fully saturated rings. The van der Waals surface area contributed by atoms with Gasteiger partial charge in [0.2, 0.25) is 11.6 Å². The van der Waals surface area contributed by atoms with E-state index in [0.717, 1.165) is 24.2 Å². The van der Waals surface area contributed by atoms with Crippen LogP contribution in [0, 0.1) is 11.3 Å². The van der Waals surface area contributed by atoms with Gasteiger partial charge < -0.3 is 9.15 Å². The number of oxazole rings is 1. The third kappa shape index (κ3) is 4.13. The van der Waals surface area contributed by atoms with Gasteiger partial charge in [-0.1, -0.05) is 26.0 Å². The summed E-state index contributed by atoms with van der Waals surface area (Å²) >= 11 is 0. The summed E-state index contributed by atoms with van der Waals surface area (Å²) in [7, 11) is 0. The van der Waals surface area contributed by atoms with E-state index in [-0.39, 0.29) is 17.5 Å². The average Bonchev–Trinajstić information content (AvgIpc) is 3.01. The molecule has 0 atom stereocenters. The molecule has 6 nitrogen and oxygen atoms in total. The highest BCUT2D eigenvalue weighted by molar-refractivity contribution is 5.83. The van der Waals surface area contributed by atoms with E-state index in [1.807, 2.05) is 37.3 Å². The normalized spacial score (nSPS) is 11.0. The molecule has 0 aliphatic carbocycles. The predicted molar refractivity (Wildman–Crippen MR) is 93.4 cm³/mol. The molecule has 6 heteroatoms. The monoisotopic (exact) mass is 326 g/mol. The fraction of sp³-hybridized carbons (Fsp3) is 0.389. The van der Waals surface area contributed by atoms with Crippen molar-refractivity contribution in [2.24, 2.45) is 5.10 Å². The molecule has 0 amide bonds. The van der Waals surface area contributed by atoms with E-state index in [4.69, 9.17) is 9.15 Å². The molecular weight excluding hydrogens is 304 g/mol. The third-order valence-electron chi connectivity index (χ3n) is 3.67. The standard InChI is InChI=1S/C18H22N4O2/c1-4-13(5-2)17-21-15(11-19)18(24-17)22-20-12-14-9-7-8-10-16(14)23-6-3/h7-10,12-13,22H,4-6H2,1-3H3. The number of anilines is 1. The van der Waals surface area contributed by atoms with Gasteiger partial charge in [-0.05, 0) is 31.9 Å². The highest BCUT2D eigenvalue weighted by Crippen LogP contribution is 2.27. The summed E-state index contributed by atoms with van der Waals surface area (Å²) in [5.74, 6) is 1.80. The van der Waals surface area contributed by atoms with Crippen LogP contribution in [0.4, 0.5) is 5.88 Å². The number of hydrogen-bond donors (Lipinski definition) is 1. The van der Waals surface area contributed by atoms with Crippen LogP contribution in [0.3, 0.4) is 0 Å². The fourth-order valence-corrected chi connectivity index (χ4v) is 2.34. The second kappa shape index (κ2) is 8.73. The summed E-state index contributed by atoms with van der Waals surface area (Å²) in [6, 6.07) is 9.63. The van der Waals surface area contributed by atoms with Crippen LogP contribution in [0.25, 0.3) is 0 Å². The summed E-state index contributed by atoms with van der Waals surface area (Å²) in [5, 5.41) is 13.4. The minimum absolute atomic E-state index is 0.204. The van der Waals surface area contributed by atoms with Crippen LogP contribution >= 0.6 is 0 Å². The van der Waals surface area contributed by atoms with Crippen LogP contribution in [0.5, 0.6) is 5.75 Å². The summed E-state index contributed by atoms with van der Waals surface area (Å²) in [6.07, 6.45) is 3.45. The topological polar surface area (TPSA) is 83.4 Å². The van der Waals surface area contributed by atoms with Gasteiger partial charge in [0.15, 0.2) is 0 Å². The zero-order valence-electron chi connectivity index (χ0n) is 14.2. The van der Waals surface area contributed by atoms with E-state index >= 15 is 0 Å². The first kappa shape index (κ1) is 17.5. The Morgan fingerprint density at radius 1 is 1.33 bits per heavy atom. The van der Waals surface area contributed by atoms with Crippen LogP contribution in [-0.2, 0) is 0 Å². The Morgan fingerprint density at radius 2 is 2.08 bits per heavy atom. The average molecular weight is 326 g/mol. The molecular formula is C18H22N4O2. The number of para-hydroxylation sites is 1. The van der Waals surface area contributed by atoms with Gasteiger partial charge in [0.25, 0.3) is 5.88 Å². The second-order valence-electron chi connectivity index (χ2n) is 5.20. The lowest BCUT2D eigenvalue weighted by Gasteiger charge is -2.06. The summed E-state index contributed by atoms with van der Waals surface area (Å²) in [4.78, 5) is 4.25. The SMILES string of the molecule is CCOc1ccccc1C=NNc1oc(C(CC)CC)nc1C#N. The number of benzene rings is 1. The zero-order chi connectivity index (χ0) is 17.4. The molecule has 0 unspecified atom stereocenters. The number of hydrazone groups is 1. The molecule has 0 spiro atoms. The van der Waals surface area contributed by atoms with Gasteiger partial charge >= 0.3 is 0 Å². The molecule has 1 aromatic heterocycles. The van der Waals surface area contributed by atoms with Crippen LogP contribution in [-0.4, -0.2) is 17.8 Å². The van der Waals surface area contributed by atoms with E-state index in [2.05, 4.69) is 29.4 Å². The molecule has 0 radical (unpaired) electrons. The maximum Gasteiger partial charge on any atom is 0.252 e. The Bertz CT molecular complexity index is 727. The molecule has 1 N–H and O–H groups in total. The van der Waals surface area contributed by atoms with E-state index in [1.165, 1.54) is 0 Å². The molecule has 126 valence electrons. The Morgan fingerprint density at radius 3 is 2.75 bits per heavy atom. The minimum Gasteiger partial charge on any atom is -0.493 e. The van der Waals surface area contributed by atoms with Crippen LogP contribution in [0.1, 0.15) is 56.7 Å². The smallest absolute Gasteiger partial charge is 0.252 e. The lowest BCUT2D eigenvalue weighted by Crippen LogP contribution is -1.97. The highest BCUT2D eigenvalue weighted by atomic mass is 16.5. The zero-order valence-corrected chi connectivity index (χ0v) is 14.2. The molecule has 1 heterocycles. The molecule has 0 aliphatic rings. The number of rotatable bonds is 8. The first-order chi connectivity index (χ1) is 11.7. The van der Waals surface area contributed by atoms with Crippen LogP contribution < -0.4 is 10.2 Å². The van der Waals surface area contributed by atoms with Crippen molar-refractivity contribution in [1.29, 1.82) is 5.26 Å². The van der Waals surface area contributed by atoms with Gasteiger partial charge in [0.1, 0.15) is 11.8 Å². The van der Waals surface area contributed by atoms with E-state index in [0.29, 0.717) is 12.5 Å². The van der Waals surface area contributed by atoms with Gasteiger partial charge in [-0.3, -0.25) is 0 Å². The Hall–Kier alpha value is -2.81. The van der Waals surface area contributed by atoms with Crippen molar-refractivity contribution in [3.05, 3.63) is 41.4 Å².